The molecule has 102 valence electrons. The Kier molecular flexibility index (Phi) is 3.12. The van der Waals surface area contributed by atoms with Crippen LogP contribution in [-0.2, 0) is 6.54 Å². The van der Waals surface area contributed by atoms with Crippen molar-refractivity contribution in [3.05, 3.63) is 17.5 Å². The Bertz CT molecular complexity index is 496. The van der Waals surface area contributed by atoms with Gasteiger partial charge in [-0.2, -0.15) is 0 Å². The molecule has 0 aliphatic carbocycles. The van der Waals surface area contributed by atoms with Crippen LogP contribution in [0.15, 0.2) is 6.20 Å². The Hall–Kier alpha value is -1.65. The summed E-state index contributed by atoms with van der Waals surface area (Å²) in [7, 11) is 0. The molecule has 0 radical (unpaired) electrons. The summed E-state index contributed by atoms with van der Waals surface area (Å²) in [4.78, 5) is 25.3. The molecule has 1 saturated heterocycles. The van der Waals surface area contributed by atoms with Gasteiger partial charge in [0.15, 0.2) is 0 Å². The van der Waals surface area contributed by atoms with Crippen molar-refractivity contribution in [1.82, 2.24) is 14.9 Å². The Morgan fingerprint density at radius 3 is 2.79 bits per heavy atom. The molecule has 0 spiro atoms. The lowest BCUT2D eigenvalue weighted by atomic mass is 10.2. The van der Waals surface area contributed by atoms with Crippen molar-refractivity contribution >= 4 is 11.9 Å². The summed E-state index contributed by atoms with van der Waals surface area (Å²) in [5.41, 5.74) is 1.57. The molecule has 0 bridgehead atoms. The van der Waals surface area contributed by atoms with E-state index in [0.717, 1.165) is 31.2 Å². The zero-order valence-corrected chi connectivity index (χ0v) is 11.6. The highest BCUT2D eigenvalue weighted by Gasteiger charge is 2.32. The first-order valence-electron chi connectivity index (χ1n) is 7.12. The minimum absolute atomic E-state index is 0.0809. The summed E-state index contributed by atoms with van der Waals surface area (Å²) in [6.45, 7) is 6.87. The number of carbonyl (C=O) groups excluding carboxylic acids is 1. The van der Waals surface area contributed by atoms with Gasteiger partial charge in [-0.3, -0.25) is 4.79 Å². The van der Waals surface area contributed by atoms with Crippen molar-refractivity contribution < 1.29 is 4.79 Å². The van der Waals surface area contributed by atoms with E-state index in [2.05, 4.69) is 28.7 Å². The summed E-state index contributed by atoms with van der Waals surface area (Å²) in [5.74, 6) is 0.868. The summed E-state index contributed by atoms with van der Waals surface area (Å²) >= 11 is 0. The lowest BCUT2D eigenvalue weighted by molar-refractivity contribution is 0.0712. The number of amides is 1. The third-order valence-corrected chi connectivity index (χ3v) is 4.18. The Morgan fingerprint density at radius 1 is 1.37 bits per heavy atom. The first-order chi connectivity index (χ1) is 9.20. The van der Waals surface area contributed by atoms with E-state index in [1.807, 2.05) is 4.90 Å². The number of hydrogen-bond acceptors (Lipinski definition) is 4. The average molecular weight is 260 g/mol. The molecule has 19 heavy (non-hydrogen) atoms. The van der Waals surface area contributed by atoms with Crippen molar-refractivity contribution in [2.75, 3.05) is 18.0 Å². The lowest BCUT2D eigenvalue weighted by Gasteiger charge is -2.22. The fraction of sp³-hybridized carbons (Fsp3) is 0.643. The standard InChI is InChI=1S/C14H20N4O/c1-3-10(2)18-9-12-11(13(18)19)8-15-14(16-12)17-6-4-5-7-17/h8,10H,3-7,9H2,1-2H3/t10-/m0/s1. The quantitative estimate of drug-likeness (QED) is 0.832. The number of hydrogen-bond donors (Lipinski definition) is 0. The Morgan fingerprint density at radius 2 is 2.11 bits per heavy atom. The van der Waals surface area contributed by atoms with Crippen LogP contribution in [0.25, 0.3) is 0 Å². The zero-order chi connectivity index (χ0) is 13.4. The normalized spacial score (nSPS) is 20.0. The van der Waals surface area contributed by atoms with Gasteiger partial charge < -0.3 is 9.80 Å². The van der Waals surface area contributed by atoms with Crippen molar-refractivity contribution in [3.63, 3.8) is 0 Å². The van der Waals surface area contributed by atoms with E-state index in [-0.39, 0.29) is 11.9 Å². The molecule has 1 fully saturated rings. The predicted molar refractivity (Wildman–Crippen MR) is 73.1 cm³/mol. The molecule has 0 N–H and O–H groups in total. The highest BCUT2D eigenvalue weighted by molar-refractivity contribution is 5.97. The molecule has 1 amide bonds. The van der Waals surface area contributed by atoms with Gasteiger partial charge in [-0.05, 0) is 26.2 Å². The number of aromatic nitrogens is 2. The molecule has 1 aromatic heterocycles. The molecule has 0 saturated carbocycles. The van der Waals surface area contributed by atoms with Crippen molar-refractivity contribution in [1.29, 1.82) is 0 Å². The van der Waals surface area contributed by atoms with Crippen molar-refractivity contribution in [3.8, 4) is 0 Å². The molecule has 0 aromatic carbocycles. The smallest absolute Gasteiger partial charge is 0.257 e. The van der Waals surface area contributed by atoms with Crippen LogP contribution in [0, 0.1) is 0 Å². The van der Waals surface area contributed by atoms with E-state index in [0.29, 0.717) is 12.1 Å². The SMILES string of the molecule is CC[C@H](C)N1Cc2nc(N3CCCC3)ncc2C1=O. The van der Waals surface area contributed by atoms with Crippen LogP contribution in [0.3, 0.4) is 0 Å². The highest BCUT2D eigenvalue weighted by atomic mass is 16.2. The van der Waals surface area contributed by atoms with Crippen LogP contribution in [0.4, 0.5) is 5.95 Å². The maximum atomic E-state index is 12.3. The molecular formula is C14H20N4O. The molecule has 5 heteroatoms. The summed E-state index contributed by atoms with van der Waals surface area (Å²) in [6.07, 6.45) is 5.09. The largest absolute Gasteiger partial charge is 0.341 e. The molecule has 3 heterocycles. The van der Waals surface area contributed by atoms with Gasteiger partial charge in [-0.25, -0.2) is 9.97 Å². The molecule has 2 aliphatic heterocycles. The summed E-state index contributed by atoms with van der Waals surface area (Å²) < 4.78 is 0. The van der Waals surface area contributed by atoms with Gasteiger partial charge in [-0.15, -0.1) is 0 Å². The second kappa shape index (κ2) is 4.79. The first-order valence-corrected chi connectivity index (χ1v) is 7.12. The number of rotatable bonds is 3. The Balaban J connectivity index is 1.86. The highest BCUT2D eigenvalue weighted by Crippen LogP contribution is 2.26. The van der Waals surface area contributed by atoms with E-state index >= 15 is 0 Å². The van der Waals surface area contributed by atoms with Crippen LogP contribution in [0.2, 0.25) is 0 Å². The predicted octanol–water partition coefficient (Wildman–Crippen LogP) is 1.83. The average Bonchev–Trinajstić information content (AvgIpc) is 3.06. The number of anilines is 1. The van der Waals surface area contributed by atoms with Crippen LogP contribution < -0.4 is 4.90 Å². The monoisotopic (exact) mass is 260 g/mol. The summed E-state index contributed by atoms with van der Waals surface area (Å²) in [5, 5.41) is 0. The van der Waals surface area contributed by atoms with E-state index < -0.39 is 0 Å². The molecule has 1 atom stereocenters. The molecule has 1 aromatic rings. The molecule has 0 unspecified atom stereocenters. The molecule has 5 nitrogen and oxygen atoms in total. The van der Waals surface area contributed by atoms with Crippen LogP contribution in [0.5, 0.6) is 0 Å². The maximum Gasteiger partial charge on any atom is 0.257 e. The fourth-order valence-electron chi connectivity index (χ4n) is 2.74. The summed E-state index contributed by atoms with van der Waals surface area (Å²) in [6, 6.07) is 0.261. The van der Waals surface area contributed by atoms with Gasteiger partial charge in [0.1, 0.15) is 0 Å². The third kappa shape index (κ3) is 2.07. The van der Waals surface area contributed by atoms with Crippen LogP contribution in [-0.4, -0.2) is 39.9 Å². The van der Waals surface area contributed by atoms with E-state index in [9.17, 15) is 4.79 Å². The van der Waals surface area contributed by atoms with E-state index in [4.69, 9.17) is 0 Å². The minimum Gasteiger partial charge on any atom is -0.341 e. The number of fused-ring (bicyclic) bond motifs is 1. The van der Waals surface area contributed by atoms with E-state index in [1.54, 1.807) is 6.20 Å². The topological polar surface area (TPSA) is 49.3 Å². The zero-order valence-electron chi connectivity index (χ0n) is 11.6. The van der Waals surface area contributed by atoms with Gasteiger partial charge in [0.25, 0.3) is 5.91 Å². The van der Waals surface area contributed by atoms with Crippen molar-refractivity contribution in [2.45, 2.75) is 45.7 Å². The van der Waals surface area contributed by atoms with Gasteiger partial charge in [0, 0.05) is 25.3 Å². The second-order valence-corrected chi connectivity index (χ2v) is 5.41. The lowest BCUT2D eigenvalue weighted by Crippen LogP contribution is -2.32. The first kappa shape index (κ1) is 12.4. The van der Waals surface area contributed by atoms with Crippen LogP contribution in [0.1, 0.15) is 49.2 Å². The number of nitrogens with zero attached hydrogens (tertiary/aromatic N) is 4. The number of carbonyl (C=O) groups is 1. The van der Waals surface area contributed by atoms with Crippen LogP contribution >= 0.6 is 0 Å². The van der Waals surface area contributed by atoms with Gasteiger partial charge >= 0.3 is 0 Å². The van der Waals surface area contributed by atoms with Gasteiger partial charge in [0.05, 0.1) is 17.8 Å². The minimum atomic E-state index is 0.0809. The van der Waals surface area contributed by atoms with Gasteiger partial charge in [0.2, 0.25) is 5.95 Å². The Labute approximate surface area is 113 Å². The molecule has 2 aliphatic rings. The third-order valence-electron chi connectivity index (χ3n) is 4.18. The molecular weight excluding hydrogens is 240 g/mol. The van der Waals surface area contributed by atoms with E-state index in [1.165, 1.54) is 12.8 Å². The second-order valence-electron chi connectivity index (χ2n) is 5.41. The van der Waals surface area contributed by atoms with Crippen molar-refractivity contribution in [2.24, 2.45) is 0 Å². The fourth-order valence-corrected chi connectivity index (χ4v) is 2.74. The maximum absolute atomic E-state index is 12.3. The van der Waals surface area contributed by atoms with Gasteiger partial charge in [-0.1, -0.05) is 6.92 Å². The molecule has 3 rings (SSSR count).